The summed E-state index contributed by atoms with van der Waals surface area (Å²) in [7, 11) is 1.65. The Morgan fingerprint density at radius 1 is 1.38 bits per heavy atom. The molecular formula is C14H18N4O2S. The van der Waals surface area contributed by atoms with E-state index in [0.29, 0.717) is 24.1 Å². The Kier molecular flexibility index (Phi) is 6.23. The van der Waals surface area contributed by atoms with Crippen molar-refractivity contribution in [3.05, 3.63) is 36.7 Å². The van der Waals surface area contributed by atoms with Crippen molar-refractivity contribution < 1.29 is 9.53 Å². The summed E-state index contributed by atoms with van der Waals surface area (Å²) in [5.41, 5.74) is 0.945. The van der Waals surface area contributed by atoms with Crippen LogP contribution in [0.15, 0.2) is 41.8 Å². The number of carbonyl (C=O) groups is 1. The zero-order valence-electron chi connectivity index (χ0n) is 11.9. The van der Waals surface area contributed by atoms with Crippen LogP contribution in [0.5, 0.6) is 0 Å². The highest BCUT2D eigenvalue weighted by atomic mass is 32.2. The van der Waals surface area contributed by atoms with Gasteiger partial charge in [-0.15, -0.1) is 5.10 Å². The number of amides is 1. The molecule has 0 saturated carbocycles. The van der Waals surface area contributed by atoms with E-state index in [1.54, 1.807) is 18.1 Å². The average molecular weight is 306 g/mol. The van der Waals surface area contributed by atoms with Crippen molar-refractivity contribution in [3.63, 3.8) is 0 Å². The molecule has 0 unspecified atom stereocenters. The Hall–Kier alpha value is -1.86. The summed E-state index contributed by atoms with van der Waals surface area (Å²) < 4.78 is 6.61. The molecule has 21 heavy (non-hydrogen) atoms. The van der Waals surface area contributed by atoms with Gasteiger partial charge in [0.25, 0.3) is 0 Å². The van der Waals surface area contributed by atoms with Crippen LogP contribution < -0.4 is 5.32 Å². The van der Waals surface area contributed by atoms with Gasteiger partial charge in [0, 0.05) is 20.3 Å². The topological polar surface area (TPSA) is 69.0 Å². The fraction of sp³-hybridized carbons (Fsp3) is 0.357. The number of thioether (sulfide) groups is 1. The van der Waals surface area contributed by atoms with Gasteiger partial charge in [0.15, 0.2) is 0 Å². The number of nitrogens with one attached hydrogen (secondary N) is 1. The maximum absolute atomic E-state index is 11.6. The van der Waals surface area contributed by atoms with E-state index in [-0.39, 0.29) is 5.91 Å². The summed E-state index contributed by atoms with van der Waals surface area (Å²) in [4.78, 5) is 15.8. The molecule has 7 heteroatoms. The number of carbonyl (C=O) groups excluding carboxylic acids is 1. The van der Waals surface area contributed by atoms with Gasteiger partial charge in [-0.3, -0.25) is 4.79 Å². The Morgan fingerprint density at radius 3 is 2.95 bits per heavy atom. The predicted molar refractivity (Wildman–Crippen MR) is 81.6 cm³/mol. The number of hydrogen-bond donors (Lipinski definition) is 1. The van der Waals surface area contributed by atoms with Gasteiger partial charge in [-0.25, -0.2) is 9.67 Å². The highest BCUT2D eigenvalue weighted by molar-refractivity contribution is 7.99. The highest BCUT2D eigenvalue weighted by Gasteiger charge is 2.07. The minimum absolute atomic E-state index is 0.0211. The molecule has 0 aliphatic carbocycles. The van der Waals surface area contributed by atoms with Crippen molar-refractivity contribution in [2.75, 3.05) is 26.0 Å². The molecule has 0 bridgehead atoms. The first-order chi connectivity index (χ1) is 10.3. The first kappa shape index (κ1) is 15.5. The van der Waals surface area contributed by atoms with E-state index >= 15 is 0 Å². The number of methoxy groups -OCH3 is 1. The number of rotatable bonds is 8. The molecule has 0 spiro atoms. The normalized spacial score (nSPS) is 10.5. The molecule has 0 atom stereocenters. The molecule has 0 aliphatic heterocycles. The number of nitrogens with zero attached hydrogens (tertiary/aromatic N) is 3. The van der Waals surface area contributed by atoms with Crippen molar-refractivity contribution >= 4 is 17.7 Å². The summed E-state index contributed by atoms with van der Waals surface area (Å²) in [6.45, 7) is 1.27. The van der Waals surface area contributed by atoms with Gasteiger partial charge in [-0.1, -0.05) is 30.0 Å². The second kappa shape index (κ2) is 8.43. The second-order valence-corrected chi connectivity index (χ2v) is 5.23. The van der Waals surface area contributed by atoms with Crippen LogP contribution in [-0.4, -0.2) is 46.7 Å². The van der Waals surface area contributed by atoms with Crippen LogP contribution in [0.2, 0.25) is 0 Å². The van der Waals surface area contributed by atoms with Crippen LogP contribution in [0.4, 0.5) is 0 Å². The van der Waals surface area contributed by atoms with Gasteiger partial charge in [-0.05, 0) is 18.6 Å². The molecule has 0 saturated heterocycles. The number of para-hydroxylation sites is 1. The number of aromatic nitrogens is 3. The molecule has 0 radical (unpaired) electrons. The fourth-order valence-corrected chi connectivity index (χ4v) is 2.27. The Labute approximate surface area is 127 Å². The van der Waals surface area contributed by atoms with E-state index in [2.05, 4.69) is 15.4 Å². The third-order valence-corrected chi connectivity index (χ3v) is 3.52. The van der Waals surface area contributed by atoms with Crippen molar-refractivity contribution in [2.45, 2.75) is 11.6 Å². The molecule has 1 amide bonds. The number of hydrogen-bond acceptors (Lipinski definition) is 5. The molecule has 6 nitrogen and oxygen atoms in total. The zero-order chi connectivity index (χ0) is 14.9. The van der Waals surface area contributed by atoms with E-state index in [4.69, 9.17) is 4.74 Å². The van der Waals surface area contributed by atoms with Crippen molar-refractivity contribution in [1.82, 2.24) is 20.1 Å². The molecule has 1 N–H and O–H groups in total. The van der Waals surface area contributed by atoms with Gasteiger partial charge in [0.2, 0.25) is 11.1 Å². The molecular weight excluding hydrogens is 288 g/mol. The van der Waals surface area contributed by atoms with Crippen LogP contribution >= 0.6 is 11.8 Å². The Morgan fingerprint density at radius 2 is 2.19 bits per heavy atom. The van der Waals surface area contributed by atoms with Crippen LogP contribution in [0.25, 0.3) is 5.69 Å². The van der Waals surface area contributed by atoms with E-state index in [0.717, 1.165) is 12.1 Å². The largest absolute Gasteiger partial charge is 0.385 e. The third-order valence-electron chi connectivity index (χ3n) is 2.67. The fourth-order valence-electron chi connectivity index (χ4n) is 1.64. The smallest absolute Gasteiger partial charge is 0.230 e. The van der Waals surface area contributed by atoms with Gasteiger partial charge >= 0.3 is 0 Å². The van der Waals surface area contributed by atoms with Crippen molar-refractivity contribution in [3.8, 4) is 5.69 Å². The summed E-state index contributed by atoms with van der Waals surface area (Å²) in [6, 6.07) is 9.73. The Balaban J connectivity index is 1.77. The maximum atomic E-state index is 11.6. The second-order valence-electron chi connectivity index (χ2n) is 4.29. The van der Waals surface area contributed by atoms with E-state index < -0.39 is 0 Å². The monoisotopic (exact) mass is 306 g/mol. The minimum atomic E-state index is -0.0211. The molecule has 0 fully saturated rings. The standard InChI is InChI=1S/C14H18N4O2S/c1-20-9-5-8-15-13(19)10-21-14-16-11-18(17-14)12-6-3-2-4-7-12/h2-4,6-7,11H,5,8-10H2,1H3,(H,15,19). The molecule has 1 aromatic carbocycles. The summed E-state index contributed by atoms with van der Waals surface area (Å²) in [5, 5.41) is 7.74. The van der Waals surface area contributed by atoms with Crippen LogP contribution in [0.3, 0.4) is 0 Å². The maximum Gasteiger partial charge on any atom is 0.230 e. The van der Waals surface area contributed by atoms with Crippen LogP contribution in [0.1, 0.15) is 6.42 Å². The van der Waals surface area contributed by atoms with E-state index in [9.17, 15) is 4.79 Å². The lowest BCUT2D eigenvalue weighted by Gasteiger charge is -2.03. The molecule has 0 aliphatic rings. The van der Waals surface area contributed by atoms with E-state index in [1.165, 1.54) is 11.8 Å². The van der Waals surface area contributed by atoms with Gasteiger partial charge in [0.05, 0.1) is 11.4 Å². The number of ether oxygens (including phenoxy) is 1. The van der Waals surface area contributed by atoms with Gasteiger partial charge in [-0.2, -0.15) is 0 Å². The lowest BCUT2D eigenvalue weighted by Crippen LogP contribution is -2.26. The first-order valence-corrected chi connectivity index (χ1v) is 7.63. The van der Waals surface area contributed by atoms with Crippen molar-refractivity contribution in [2.24, 2.45) is 0 Å². The summed E-state index contributed by atoms with van der Waals surface area (Å²) in [6.07, 6.45) is 2.46. The third kappa shape index (κ3) is 5.20. The molecule has 2 rings (SSSR count). The zero-order valence-corrected chi connectivity index (χ0v) is 12.7. The van der Waals surface area contributed by atoms with Crippen molar-refractivity contribution in [1.29, 1.82) is 0 Å². The SMILES string of the molecule is COCCCNC(=O)CSc1ncn(-c2ccccc2)n1. The molecule has 2 aromatic rings. The summed E-state index contributed by atoms with van der Waals surface area (Å²) >= 11 is 1.32. The quantitative estimate of drug-likeness (QED) is 0.591. The molecule has 1 heterocycles. The van der Waals surface area contributed by atoms with Crippen LogP contribution in [0, 0.1) is 0 Å². The Bertz CT molecular complexity index is 559. The average Bonchev–Trinajstić information content (AvgIpc) is 2.99. The molecule has 112 valence electrons. The first-order valence-electron chi connectivity index (χ1n) is 6.65. The van der Waals surface area contributed by atoms with Crippen LogP contribution in [-0.2, 0) is 9.53 Å². The number of benzene rings is 1. The molecule has 1 aromatic heterocycles. The predicted octanol–water partition coefficient (Wildman–Crippen LogP) is 1.51. The minimum Gasteiger partial charge on any atom is -0.385 e. The van der Waals surface area contributed by atoms with Gasteiger partial charge in [0.1, 0.15) is 6.33 Å². The lowest BCUT2D eigenvalue weighted by molar-refractivity contribution is -0.118. The van der Waals surface area contributed by atoms with Gasteiger partial charge < -0.3 is 10.1 Å². The summed E-state index contributed by atoms with van der Waals surface area (Å²) in [5.74, 6) is 0.290. The highest BCUT2D eigenvalue weighted by Crippen LogP contribution is 2.13. The lowest BCUT2D eigenvalue weighted by atomic mass is 10.3. The van der Waals surface area contributed by atoms with E-state index in [1.807, 2.05) is 30.3 Å².